The fourth-order valence-electron chi connectivity index (χ4n) is 2.78. The van der Waals surface area contributed by atoms with Gasteiger partial charge in [0.25, 0.3) is 0 Å². The summed E-state index contributed by atoms with van der Waals surface area (Å²) in [5, 5.41) is 0.867. The van der Waals surface area contributed by atoms with Crippen LogP contribution in [-0.4, -0.2) is 36.2 Å². The molecule has 1 saturated heterocycles. The molecule has 3 rings (SSSR count). The summed E-state index contributed by atoms with van der Waals surface area (Å²) < 4.78 is 12.3. The molecule has 0 atom stereocenters. The number of ether oxygens (including phenoxy) is 2. The molecule has 2 heterocycles. The van der Waals surface area contributed by atoms with Crippen LogP contribution < -0.4 is 0 Å². The third-order valence-corrected chi connectivity index (χ3v) is 4.92. The number of rotatable bonds is 5. The SMILES string of the molecule is CCOC1(C(=O)Cc2nc3ccccc3s2)CCOCC1. The number of carbonyl (C=O) groups excluding carboxylic acids is 1. The van der Waals surface area contributed by atoms with Crippen molar-refractivity contribution in [3.05, 3.63) is 29.3 Å². The molecule has 2 aromatic rings. The summed E-state index contributed by atoms with van der Waals surface area (Å²) >= 11 is 1.59. The predicted molar refractivity (Wildman–Crippen MR) is 82.7 cm³/mol. The highest BCUT2D eigenvalue weighted by molar-refractivity contribution is 7.18. The lowest BCUT2D eigenvalue weighted by Gasteiger charge is -2.35. The van der Waals surface area contributed by atoms with Gasteiger partial charge in [-0.15, -0.1) is 11.3 Å². The standard InChI is InChI=1S/C16H19NO3S/c1-2-20-16(7-9-19-10-8-16)14(18)11-15-17-12-5-3-4-6-13(12)21-15/h3-6H,2,7-11H2,1H3. The van der Waals surface area contributed by atoms with E-state index in [1.165, 1.54) is 0 Å². The second kappa shape index (κ2) is 6.22. The average molecular weight is 305 g/mol. The summed E-state index contributed by atoms with van der Waals surface area (Å²) in [6.07, 6.45) is 1.63. The molecule has 1 aliphatic heterocycles. The molecule has 0 radical (unpaired) electrons. The van der Waals surface area contributed by atoms with Crippen molar-refractivity contribution in [2.75, 3.05) is 19.8 Å². The number of hydrogen-bond acceptors (Lipinski definition) is 5. The molecule has 112 valence electrons. The third kappa shape index (κ3) is 3.00. The first-order valence-corrected chi connectivity index (χ1v) is 8.14. The number of Topliss-reactive ketones (excluding diaryl/α,β-unsaturated/α-hetero) is 1. The van der Waals surface area contributed by atoms with Crippen molar-refractivity contribution in [2.24, 2.45) is 0 Å². The minimum atomic E-state index is -0.676. The summed E-state index contributed by atoms with van der Waals surface area (Å²) in [7, 11) is 0. The Morgan fingerprint density at radius 2 is 2.14 bits per heavy atom. The van der Waals surface area contributed by atoms with Gasteiger partial charge in [0, 0.05) is 32.7 Å². The number of para-hydroxylation sites is 1. The Hall–Kier alpha value is -1.30. The zero-order valence-corrected chi connectivity index (χ0v) is 12.9. The summed E-state index contributed by atoms with van der Waals surface area (Å²) in [4.78, 5) is 17.3. The molecule has 0 aliphatic carbocycles. The number of fused-ring (bicyclic) bond motifs is 1. The second-order valence-corrected chi connectivity index (χ2v) is 6.33. The van der Waals surface area contributed by atoms with Crippen molar-refractivity contribution < 1.29 is 14.3 Å². The molecule has 4 nitrogen and oxygen atoms in total. The van der Waals surface area contributed by atoms with Gasteiger partial charge in [-0.3, -0.25) is 4.79 Å². The van der Waals surface area contributed by atoms with Crippen LogP contribution in [0.25, 0.3) is 10.2 Å². The van der Waals surface area contributed by atoms with E-state index < -0.39 is 5.60 Å². The van der Waals surface area contributed by atoms with E-state index in [0.29, 0.717) is 39.1 Å². The number of aromatic nitrogens is 1. The summed E-state index contributed by atoms with van der Waals surface area (Å²) in [6.45, 7) is 3.66. The molecular weight excluding hydrogens is 286 g/mol. The minimum Gasteiger partial charge on any atom is -0.381 e. The van der Waals surface area contributed by atoms with Gasteiger partial charge in [0.1, 0.15) is 10.6 Å². The molecule has 1 aromatic heterocycles. The van der Waals surface area contributed by atoms with Crippen molar-refractivity contribution in [1.29, 1.82) is 0 Å². The molecule has 0 spiro atoms. The lowest BCUT2D eigenvalue weighted by molar-refractivity contribution is -0.156. The molecule has 21 heavy (non-hydrogen) atoms. The Bertz CT molecular complexity index is 593. The monoisotopic (exact) mass is 305 g/mol. The minimum absolute atomic E-state index is 0.131. The van der Waals surface area contributed by atoms with E-state index in [9.17, 15) is 4.79 Å². The number of ketones is 1. The molecule has 1 aliphatic rings. The third-order valence-electron chi connectivity index (χ3n) is 3.88. The lowest BCUT2D eigenvalue weighted by atomic mass is 9.87. The highest BCUT2D eigenvalue weighted by atomic mass is 32.1. The number of hydrogen-bond donors (Lipinski definition) is 0. The Morgan fingerprint density at radius 3 is 2.86 bits per heavy atom. The van der Waals surface area contributed by atoms with Gasteiger partial charge in [-0.05, 0) is 19.1 Å². The first kappa shape index (κ1) is 14.6. The number of nitrogens with zero attached hydrogens (tertiary/aromatic N) is 1. The highest BCUT2D eigenvalue weighted by Gasteiger charge is 2.40. The topological polar surface area (TPSA) is 48.4 Å². The van der Waals surface area contributed by atoms with Crippen molar-refractivity contribution >= 4 is 27.3 Å². The van der Waals surface area contributed by atoms with Crippen molar-refractivity contribution in [3.8, 4) is 0 Å². The van der Waals surface area contributed by atoms with Crippen LogP contribution in [0.3, 0.4) is 0 Å². The maximum absolute atomic E-state index is 12.7. The van der Waals surface area contributed by atoms with Gasteiger partial charge in [-0.2, -0.15) is 0 Å². The molecule has 5 heteroatoms. The molecule has 0 bridgehead atoms. The number of thiazole rings is 1. The maximum atomic E-state index is 12.7. The Balaban J connectivity index is 1.80. The fourth-order valence-corrected chi connectivity index (χ4v) is 3.74. The molecule has 1 aromatic carbocycles. The largest absolute Gasteiger partial charge is 0.381 e. The summed E-state index contributed by atoms with van der Waals surface area (Å²) in [5.74, 6) is 0.131. The van der Waals surface area contributed by atoms with Crippen LogP contribution >= 0.6 is 11.3 Å². The number of benzene rings is 1. The summed E-state index contributed by atoms with van der Waals surface area (Å²) in [5.41, 5.74) is 0.285. The fraction of sp³-hybridized carbons (Fsp3) is 0.500. The average Bonchev–Trinajstić information content (AvgIpc) is 2.90. The molecule has 1 fully saturated rings. The molecule has 0 amide bonds. The van der Waals surface area contributed by atoms with E-state index in [4.69, 9.17) is 9.47 Å². The summed E-state index contributed by atoms with van der Waals surface area (Å²) in [6, 6.07) is 7.97. The molecule has 0 saturated carbocycles. The lowest BCUT2D eigenvalue weighted by Crippen LogP contribution is -2.47. The first-order chi connectivity index (χ1) is 10.2. The van der Waals surface area contributed by atoms with Gasteiger partial charge in [-0.1, -0.05) is 12.1 Å². The van der Waals surface area contributed by atoms with Crippen LogP contribution in [-0.2, 0) is 20.7 Å². The van der Waals surface area contributed by atoms with Crippen LogP contribution in [0.15, 0.2) is 24.3 Å². The molecule has 0 unspecified atom stereocenters. The quantitative estimate of drug-likeness (QED) is 0.852. The van der Waals surface area contributed by atoms with E-state index in [1.807, 2.05) is 31.2 Å². The normalized spacial score (nSPS) is 18.0. The van der Waals surface area contributed by atoms with Gasteiger partial charge in [-0.25, -0.2) is 4.98 Å². The molecular formula is C16H19NO3S. The number of carbonyl (C=O) groups is 1. The van der Waals surface area contributed by atoms with Gasteiger partial charge in [0.05, 0.1) is 16.6 Å². The van der Waals surface area contributed by atoms with E-state index >= 15 is 0 Å². The van der Waals surface area contributed by atoms with E-state index in [2.05, 4.69) is 4.98 Å². The highest BCUT2D eigenvalue weighted by Crippen LogP contribution is 2.29. The van der Waals surface area contributed by atoms with E-state index in [1.54, 1.807) is 11.3 Å². The van der Waals surface area contributed by atoms with Crippen LogP contribution in [0, 0.1) is 0 Å². The van der Waals surface area contributed by atoms with Crippen molar-refractivity contribution in [1.82, 2.24) is 4.98 Å². The Labute approximate surface area is 128 Å². The van der Waals surface area contributed by atoms with Crippen LogP contribution in [0.4, 0.5) is 0 Å². The van der Waals surface area contributed by atoms with Crippen LogP contribution in [0.2, 0.25) is 0 Å². The van der Waals surface area contributed by atoms with E-state index in [-0.39, 0.29) is 5.78 Å². The van der Waals surface area contributed by atoms with Gasteiger partial charge in [0.2, 0.25) is 0 Å². The Kier molecular flexibility index (Phi) is 4.33. The van der Waals surface area contributed by atoms with Gasteiger partial charge < -0.3 is 9.47 Å². The molecule has 0 N–H and O–H groups in total. The van der Waals surface area contributed by atoms with Gasteiger partial charge in [0.15, 0.2) is 5.78 Å². The van der Waals surface area contributed by atoms with Crippen LogP contribution in [0.1, 0.15) is 24.8 Å². The Morgan fingerprint density at radius 1 is 1.38 bits per heavy atom. The zero-order valence-electron chi connectivity index (χ0n) is 12.1. The van der Waals surface area contributed by atoms with Crippen LogP contribution in [0.5, 0.6) is 0 Å². The predicted octanol–water partition coefficient (Wildman–Crippen LogP) is 2.99. The second-order valence-electron chi connectivity index (χ2n) is 5.21. The van der Waals surface area contributed by atoms with Gasteiger partial charge >= 0.3 is 0 Å². The first-order valence-electron chi connectivity index (χ1n) is 7.33. The van der Waals surface area contributed by atoms with E-state index in [0.717, 1.165) is 15.2 Å². The van der Waals surface area contributed by atoms with Crippen molar-refractivity contribution in [2.45, 2.75) is 31.8 Å². The smallest absolute Gasteiger partial charge is 0.171 e. The van der Waals surface area contributed by atoms with Crippen molar-refractivity contribution in [3.63, 3.8) is 0 Å². The zero-order chi connectivity index (χ0) is 14.7. The maximum Gasteiger partial charge on any atom is 0.171 e.